The molecule has 1 aromatic heterocycles. The van der Waals surface area contributed by atoms with Crippen LogP contribution >= 0.6 is 15.9 Å². The Morgan fingerprint density at radius 1 is 1.36 bits per heavy atom. The lowest BCUT2D eigenvalue weighted by molar-refractivity contribution is 0.126. The fourth-order valence-electron chi connectivity index (χ4n) is 2.05. The Balaban J connectivity index is 2.49. The van der Waals surface area contributed by atoms with E-state index in [0.29, 0.717) is 5.92 Å². The summed E-state index contributed by atoms with van der Waals surface area (Å²) in [6, 6.07) is 5.60. The van der Waals surface area contributed by atoms with Crippen LogP contribution in [0.15, 0.2) is 22.8 Å². The Bertz CT molecular complexity index is 464. The van der Waals surface area contributed by atoms with Crippen molar-refractivity contribution >= 4 is 22.0 Å². The Morgan fingerprint density at radius 3 is 2.59 bits per heavy atom. The Labute approximate surface area is 141 Å². The van der Waals surface area contributed by atoms with Crippen molar-refractivity contribution in [2.75, 3.05) is 19.6 Å². The second-order valence-electron chi connectivity index (χ2n) is 5.51. The van der Waals surface area contributed by atoms with E-state index in [9.17, 15) is 4.79 Å². The van der Waals surface area contributed by atoms with Crippen molar-refractivity contribution in [2.45, 2.75) is 40.3 Å². The first kappa shape index (κ1) is 18.9. The van der Waals surface area contributed by atoms with Gasteiger partial charge in [-0.3, -0.25) is 0 Å². The number of nitrogens with one attached hydrogen (secondary N) is 1. The molecule has 1 unspecified atom stereocenters. The van der Waals surface area contributed by atoms with Crippen LogP contribution in [-0.2, 0) is 11.3 Å². The van der Waals surface area contributed by atoms with Crippen LogP contribution in [0, 0.1) is 5.92 Å². The first-order valence-electron chi connectivity index (χ1n) is 7.73. The van der Waals surface area contributed by atoms with E-state index in [2.05, 4.69) is 58.8 Å². The van der Waals surface area contributed by atoms with Crippen LogP contribution in [0.25, 0.3) is 0 Å². The molecule has 0 fully saturated rings. The summed E-state index contributed by atoms with van der Waals surface area (Å²) < 4.78 is 5.99. The van der Waals surface area contributed by atoms with Gasteiger partial charge in [0, 0.05) is 12.6 Å². The van der Waals surface area contributed by atoms with Crippen molar-refractivity contribution in [3.8, 4) is 0 Å². The largest absolute Gasteiger partial charge is 0.443 e. The molecule has 0 saturated heterocycles. The van der Waals surface area contributed by atoms with Crippen LogP contribution < -0.4 is 5.32 Å². The molecular formula is C16H26BrN3O2. The van der Waals surface area contributed by atoms with Gasteiger partial charge in [-0.1, -0.05) is 33.8 Å². The topological polar surface area (TPSA) is 54.5 Å². The fourth-order valence-corrected chi connectivity index (χ4v) is 2.43. The molecule has 0 aromatic carbocycles. The van der Waals surface area contributed by atoms with Gasteiger partial charge in [0.05, 0.1) is 5.69 Å². The van der Waals surface area contributed by atoms with Crippen LogP contribution in [0.5, 0.6) is 0 Å². The van der Waals surface area contributed by atoms with Crippen molar-refractivity contribution in [3.63, 3.8) is 0 Å². The monoisotopic (exact) mass is 371 g/mol. The second kappa shape index (κ2) is 9.79. The highest BCUT2D eigenvalue weighted by Crippen LogP contribution is 2.08. The van der Waals surface area contributed by atoms with Crippen molar-refractivity contribution in [1.29, 1.82) is 0 Å². The van der Waals surface area contributed by atoms with Gasteiger partial charge in [0.25, 0.3) is 0 Å². The zero-order valence-electron chi connectivity index (χ0n) is 13.8. The third-order valence-corrected chi connectivity index (χ3v) is 4.02. The first-order valence-corrected chi connectivity index (χ1v) is 8.52. The minimum Gasteiger partial charge on any atom is -0.443 e. The smallest absolute Gasteiger partial charge is 0.407 e. The van der Waals surface area contributed by atoms with Crippen LogP contribution in [0.4, 0.5) is 4.79 Å². The molecule has 1 N–H and O–H groups in total. The number of pyridine rings is 1. The van der Waals surface area contributed by atoms with E-state index in [1.165, 1.54) is 0 Å². The van der Waals surface area contributed by atoms with E-state index in [1.807, 2.05) is 18.2 Å². The second-order valence-corrected chi connectivity index (χ2v) is 6.32. The number of hydrogen-bond donors (Lipinski definition) is 1. The summed E-state index contributed by atoms with van der Waals surface area (Å²) in [6.07, 6.45) is -0.396. The number of carbonyl (C=O) groups excluding carboxylic acids is 1. The third kappa shape index (κ3) is 6.75. The molecule has 1 rings (SSSR count). The standard InChI is InChI=1S/C16H26BrN3O2/c1-5-20(6-2)10-14(12(3)4)19-16(21)22-11-13-8-7-9-15(17)18-13/h7-9,12,14H,5-6,10-11H2,1-4H3,(H,19,21). The number of rotatable bonds is 8. The summed E-state index contributed by atoms with van der Waals surface area (Å²) in [5.74, 6) is 0.345. The Kier molecular flexibility index (Phi) is 8.42. The number of nitrogens with zero attached hydrogens (tertiary/aromatic N) is 2. The van der Waals surface area contributed by atoms with Gasteiger partial charge in [-0.2, -0.15) is 0 Å². The molecular weight excluding hydrogens is 346 g/mol. The number of carbonyl (C=O) groups is 1. The van der Waals surface area contributed by atoms with Crippen molar-refractivity contribution in [3.05, 3.63) is 28.5 Å². The molecule has 0 aliphatic heterocycles. The molecule has 124 valence electrons. The SMILES string of the molecule is CCN(CC)CC(NC(=O)OCc1cccc(Br)n1)C(C)C. The molecule has 0 radical (unpaired) electrons. The highest BCUT2D eigenvalue weighted by molar-refractivity contribution is 9.10. The molecule has 0 aliphatic rings. The van der Waals surface area contributed by atoms with Gasteiger partial charge >= 0.3 is 6.09 Å². The third-order valence-electron chi connectivity index (χ3n) is 3.58. The van der Waals surface area contributed by atoms with Crippen LogP contribution in [0.1, 0.15) is 33.4 Å². The maximum absolute atomic E-state index is 12.0. The first-order chi connectivity index (χ1) is 10.5. The Morgan fingerprint density at radius 2 is 2.05 bits per heavy atom. The van der Waals surface area contributed by atoms with Gasteiger partial charge in [-0.25, -0.2) is 9.78 Å². The lowest BCUT2D eigenvalue weighted by Crippen LogP contribution is -2.46. The van der Waals surface area contributed by atoms with Crippen LogP contribution in [0.3, 0.4) is 0 Å². The van der Waals surface area contributed by atoms with E-state index in [-0.39, 0.29) is 12.6 Å². The number of ether oxygens (including phenoxy) is 1. The van der Waals surface area contributed by atoms with Crippen molar-refractivity contribution in [1.82, 2.24) is 15.2 Å². The van der Waals surface area contributed by atoms with E-state index < -0.39 is 6.09 Å². The van der Waals surface area contributed by atoms with Gasteiger partial charge in [0.15, 0.2) is 0 Å². The van der Waals surface area contributed by atoms with Crippen molar-refractivity contribution < 1.29 is 9.53 Å². The predicted molar refractivity (Wildman–Crippen MR) is 91.7 cm³/mol. The summed E-state index contributed by atoms with van der Waals surface area (Å²) in [4.78, 5) is 18.5. The lowest BCUT2D eigenvalue weighted by Gasteiger charge is -2.28. The summed E-state index contributed by atoms with van der Waals surface area (Å²) in [7, 11) is 0. The number of aromatic nitrogens is 1. The van der Waals surface area contributed by atoms with E-state index in [4.69, 9.17) is 4.74 Å². The molecule has 1 heterocycles. The lowest BCUT2D eigenvalue weighted by atomic mass is 10.0. The average molecular weight is 372 g/mol. The van der Waals surface area contributed by atoms with Gasteiger partial charge in [-0.15, -0.1) is 0 Å². The minimum atomic E-state index is -0.396. The van der Waals surface area contributed by atoms with E-state index >= 15 is 0 Å². The average Bonchev–Trinajstić information content (AvgIpc) is 2.49. The van der Waals surface area contributed by atoms with Crippen LogP contribution in [-0.4, -0.2) is 41.7 Å². The van der Waals surface area contributed by atoms with Crippen molar-refractivity contribution in [2.24, 2.45) is 5.92 Å². The number of hydrogen-bond acceptors (Lipinski definition) is 4. The highest BCUT2D eigenvalue weighted by atomic mass is 79.9. The molecule has 0 saturated carbocycles. The summed E-state index contributed by atoms with van der Waals surface area (Å²) >= 11 is 3.30. The molecule has 0 spiro atoms. The maximum atomic E-state index is 12.0. The molecule has 1 aromatic rings. The zero-order valence-corrected chi connectivity index (χ0v) is 15.4. The van der Waals surface area contributed by atoms with Gasteiger partial charge < -0.3 is 15.0 Å². The number of alkyl carbamates (subject to hydrolysis) is 1. The molecule has 0 bridgehead atoms. The van der Waals surface area contributed by atoms with Gasteiger partial charge in [-0.05, 0) is 47.1 Å². The van der Waals surface area contributed by atoms with E-state index in [0.717, 1.165) is 29.9 Å². The maximum Gasteiger partial charge on any atom is 0.407 e. The summed E-state index contributed by atoms with van der Waals surface area (Å²) in [5, 5.41) is 2.96. The molecule has 5 nitrogen and oxygen atoms in total. The van der Waals surface area contributed by atoms with E-state index in [1.54, 1.807) is 0 Å². The highest BCUT2D eigenvalue weighted by Gasteiger charge is 2.19. The van der Waals surface area contributed by atoms with Crippen LogP contribution in [0.2, 0.25) is 0 Å². The quantitative estimate of drug-likeness (QED) is 0.711. The molecule has 22 heavy (non-hydrogen) atoms. The summed E-state index contributed by atoms with van der Waals surface area (Å²) in [5.41, 5.74) is 0.717. The zero-order chi connectivity index (χ0) is 16.5. The van der Waals surface area contributed by atoms with Gasteiger partial charge in [0.1, 0.15) is 11.2 Å². The molecule has 1 amide bonds. The minimum absolute atomic E-state index is 0.0721. The Hall–Kier alpha value is -1.14. The number of halogens is 1. The normalized spacial score (nSPS) is 12.5. The number of likely N-dealkylation sites (N-methyl/N-ethyl adjacent to an activating group) is 1. The van der Waals surface area contributed by atoms with Gasteiger partial charge in [0.2, 0.25) is 0 Å². The number of amides is 1. The predicted octanol–water partition coefficient (Wildman–Crippen LogP) is 3.44. The summed E-state index contributed by atoms with van der Waals surface area (Å²) in [6.45, 7) is 11.4. The molecule has 6 heteroatoms. The fraction of sp³-hybridized carbons (Fsp3) is 0.625. The molecule has 0 aliphatic carbocycles. The molecule has 1 atom stereocenters.